The Balaban J connectivity index is 1.28. The van der Waals surface area contributed by atoms with Crippen LogP contribution in [-0.4, -0.2) is 47.2 Å². The van der Waals surface area contributed by atoms with Gasteiger partial charge in [-0.15, -0.1) is 0 Å². The third kappa shape index (κ3) is 6.13. The van der Waals surface area contributed by atoms with Crippen LogP contribution in [0.2, 0.25) is 0 Å². The summed E-state index contributed by atoms with van der Waals surface area (Å²) in [7, 11) is 0. The number of carbonyl (C=O) groups excluding carboxylic acids is 1. The van der Waals surface area contributed by atoms with Crippen molar-refractivity contribution >= 4 is 28.4 Å². The number of aromatic nitrogens is 2. The Morgan fingerprint density at radius 1 is 0.892 bits per heavy atom. The van der Waals surface area contributed by atoms with E-state index in [1.165, 1.54) is 18.2 Å². The number of hydrogen-bond acceptors (Lipinski definition) is 6. The standard InChI is InChI=1S/C26H22F3N5O3/c27-20-4-1-16(11-22(20)29)32-26(35)33-17-2-5-21(28)25(12-17)37-19-3-6-23-24(13-19)31-18(14-30-23)15-34-7-9-36-10-8-34/h1-6,11-14H,7-10,15H2,(H2,32,33,35). The lowest BCUT2D eigenvalue weighted by Crippen LogP contribution is -2.35. The first-order valence-electron chi connectivity index (χ1n) is 11.5. The van der Waals surface area contributed by atoms with Gasteiger partial charge in [0.1, 0.15) is 5.75 Å². The molecule has 5 rings (SSSR count). The number of nitrogens with zero attached hydrogens (tertiary/aromatic N) is 3. The van der Waals surface area contributed by atoms with E-state index in [4.69, 9.17) is 9.47 Å². The van der Waals surface area contributed by atoms with E-state index in [0.717, 1.165) is 37.0 Å². The van der Waals surface area contributed by atoms with Crippen molar-refractivity contribution in [2.75, 3.05) is 36.9 Å². The predicted molar refractivity (Wildman–Crippen MR) is 131 cm³/mol. The molecule has 2 N–H and O–H groups in total. The molecule has 0 aliphatic carbocycles. The van der Waals surface area contributed by atoms with Crippen LogP contribution >= 0.6 is 0 Å². The molecule has 1 aliphatic heterocycles. The van der Waals surface area contributed by atoms with Crippen molar-refractivity contribution in [1.29, 1.82) is 0 Å². The van der Waals surface area contributed by atoms with Crippen LogP contribution in [0.3, 0.4) is 0 Å². The normalized spacial score (nSPS) is 13.9. The highest BCUT2D eigenvalue weighted by molar-refractivity contribution is 5.99. The van der Waals surface area contributed by atoms with Crippen molar-refractivity contribution < 1.29 is 27.4 Å². The fourth-order valence-corrected chi connectivity index (χ4v) is 3.81. The van der Waals surface area contributed by atoms with E-state index in [-0.39, 0.29) is 17.1 Å². The maximum absolute atomic E-state index is 14.5. The monoisotopic (exact) mass is 509 g/mol. The molecule has 1 fully saturated rings. The maximum atomic E-state index is 14.5. The van der Waals surface area contributed by atoms with Gasteiger partial charge >= 0.3 is 6.03 Å². The number of carbonyl (C=O) groups is 1. The number of benzene rings is 3. The van der Waals surface area contributed by atoms with Crippen LogP contribution in [0.25, 0.3) is 11.0 Å². The van der Waals surface area contributed by atoms with Crippen LogP contribution in [0, 0.1) is 17.5 Å². The Hall–Kier alpha value is -4.22. The van der Waals surface area contributed by atoms with Gasteiger partial charge in [0.25, 0.3) is 0 Å². The van der Waals surface area contributed by atoms with Crippen molar-refractivity contribution in [3.63, 3.8) is 0 Å². The third-order valence-corrected chi connectivity index (χ3v) is 5.65. The molecule has 0 saturated carbocycles. The molecule has 37 heavy (non-hydrogen) atoms. The molecule has 0 atom stereocenters. The number of fused-ring (bicyclic) bond motifs is 1. The Kier molecular flexibility index (Phi) is 7.15. The van der Waals surface area contributed by atoms with Crippen molar-refractivity contribution in [3.05, 3.63) is 83.9 Å². The molecule has 2 heterocycles. The summed E-state index contributed by atoms with van der Waals surface area (Å²) in [5, 5.41) is 4.88. The molecule has 1 aromatic heterocycles. The molecule has 8 nitrogen and oxygen atoms in total. The first-order valence-corrected chi connectivity index (χ1v) is 11.5. The molecular formula is C26H22F3N5O3. The Bertz CT molecular complexity index is 1450. The van der Waals surface area contributed by atoms with Crippen molar-refractivity contribution in [1.82, 2.24) is 14.9 Å². The average Bonchev–Trinajstić information content (AvgIpc) is 2.89. The quantitative estimate of drug-likeness (QED) is 0.366. The van der Waals surface area contributed by atoms with E-state index in [1.54, 1.807) is 24.4 Å². The van der Waals surface area contributed by atoms with Gasteiger partial charge in [0.05, 0.1) is 36.1 Å². The predicted octanol–water partition coefficient (Wildman–Crippen LogP) is 5.32. The van der Waals surface area contributed by atoms with E-state index < -0.39 is 23.5 Å². The summed E-state index contributed by atoms with van der Waals surface area (Å²) in [6, 6.07) is 11.1. The smallest absolute Gasteiger partial charge is 0.323 e. The van der Waals surface area contributed by atoms with Gasteiger partial charge in [-0.05, 0) is 36.4 Å². The summed E-state index contributed by atoms with van der Waals surface area (Å²) in [6.07, 6.45) is 1.73. The topological polar surface area (TPSA) is 88.6 Å². The molecule has 0 spiro atoms. The molecule has 11 heteroatoms. The summed E-state index contributed by atoms with van der Waals surface area (Å²) in [5.74, 6) is -2.54. The number of hydrogen-bond donors (Lipinski definition) is 2. The lowest BCUT2D eigenvalue weighted by Gasteiger charge is -2.26. The van der Waals surface area contributed by atoms with Crippen LogP contribution in [0.1, 0.15) is 5.69 Å². The van der Waals surface area contributed by atoms with Crippen LogP contribution < -0.4 is 15.4 Å². The maximum Gasteiger partial charge on any atom is 0.323 e. The summed E-state index contributed by atoms with van der Waals surface area (Å²) < 4.78 is 52.1. The van der Waals surface area contributed by atoms with Gasteiger partial charge in [0.2, 0.25) is 0 Å². The second-order valence-electron chi connectivity index (χ2n) is 8.36. The number of urea groups is 1. The van der Waals surface area contributed by atoms with Gasteiger partial charge in [-0.2, -0.15) is 0 Å². The lowest BCUT2D eigenvalue weighted by atomic mass is 10.2. The van der Waals surface area contributed by atoms with E-state index in [1.807, 2.05) is 0 Å². The number of amides is 2. The number of nitrogens with one attached hydrogen (secondary N) is 2. The first kappa shape index (κ1) is 24.5. The highest BCUT2D eigenvalue weighted by Crippen LogP contribution is 2.29. The highest BCUT2D eigenvalue weighted by Gasteiger charge is 2.14. The number of halogens is 3. The number of rotatable bonds is 6. The van der Waals surface area contributed by atoms with Gasteiger partial charge in [-0.1, -0.05) is 0 Å². The van der Waals surface area contributed by atoms with E-state index in [0.29, 0.717) is 36.5 Å². The fourth-order valence-electron chi connectivity index (χ4n) is 3.81. The molecule has 0 unspecified atom stereocenters. The number of anilines is 2. The van der Waals surface area contributed by atoms with Gasteiger partial charge < -0.3 is 20.1 Å². The SMILES string of the molecule is O=C(Nc1ccc(F)c(F)c1)Nc1ccc(F)c(Oc2ccc3ncc(CN4CCOCC4)nc3c2)c1. The molecule has 0 radical (unpaired) electrons. The van der Waals surface area contributed by atoms with E-state index in [2.05, 4.69) is 25.5 Å². The first-order chi connectivity index (χ1) is 17.9. The van der Waals surface area contributed by atoms with Gasteiger partial charge in [-0.3, -0.25) is 9.88 Å². The van der Waals surface area contributed by atoms with Crippen LogP contribution in [0.5, 0.6) is 11.5 Å². The zero-order chi connectivity index (χ0) is 25.8. The molecule has 1 saturated heterocycles. The zero-order valence-corrected chi connectivity index (χ0v) is 19.5. The van der Waals surface area contributed by atoms with Crippen LogP contribution in [-0.2, 0) is 11.3 Å². The minimum Gasteiger partial charge on any atom is -0.454 e. The summed E-state index contributed by atoms with van der Waals surface area (Å²) in [4.78, 5) is 23.6. The molecule has 190 valence electrons. The Morgan fingerprint density at radius 3 is 2.38 bits per heavy atom. The minimum absolute atomic E-state index is 0.0558. The average molecular weight is 509 g/mol. The van der Waals surface area contributed by atoms with Gasteiger partial charge in [0.15, 0.2) is 23.2 Å². The molecule has 0 bridgehead atoms. The van der Waals surface area contributed by atoms with Crippen LogP contribution in [0.15, 0.2) is 60.8 Å². The van der Waals surface area contributed by atoms with E-state index >= 15 is 0 Å². The van der Waals surface area contributed by atoms with Crippen molar-refractivity contribution in [2.45, 2.75) is 6.54 Å². The minimum atomic E-state index is -1.09. The van der Waals surface area contributed by atoms with Crippen molar-refractivity contribution in [2.24, 2.45) is 0 Å². The molecule has 3 aromatic carbocycles. The number of ether oxygens (including phenoxy) is 2. The molecular weight excluding hydrogens is 487 g/mol. The molecule has 2 amide bonds. The summed E-state index contributed by atoms with van der Waals surface area (Å²) >= 11 is 0. The van der Waals surface area contributed by atoms with Crippen LogP contribution in [0.4, 0.5) is 29.3 Å². The zero-order valence-electron chi connectivity index (χ0n) is 19.5. The van der Waals surface area contributed by atoms with Gasteiger partial charge in [0, 0.05) is 49.2 Å². The highest BCUT2D eigenvalue weighted by atomic mass is 19.2. The lowest BCUT2D eigenvalue weighted by molar-refractivity contribution is 0.0336. The van der Waals surface area contributed by atoms with Gasteiger partial charge in [-0.25, -0.2) is 22.9 Å². The second-order valence-corrected chi connectivity index (χ2v) is 8.36. The second kappa shape index (κ2) is 10.8. The largest absolute Gasteiger partial charge is 0.454 e. The Morgan fingerprint density at radius 2 is 1.62 bits per heavy atom. The van der Waals surface area contributed by atoms with E-state index in [9.17, 15) is 18.0 Å². The third-order valence-electron chi connectivity index (χ3n) is 5.65. The van der Waals surface area contributed by atoms with Crippen molar-refractivity contribution in [3.8, 4) is 11.5 Å². The fraction of sp³-hybridized carbons (Fsp3) is 0.192. The molecule has 4 aromatic rings. The molecule has 1 aliphatic rings. The summed E-state index contributed by atoms with van der Waals surface area (Å²) in [5.41, 5.74) is 2.35. The number of morpholine rings is 1. The Labute approximate surface area is 210 Å². The summed E-state index contributed by atoms with van der Waals surface area (Å²) in [6.45, 7) is 3.67.